The summed E-state index contributed by atoms with van der Waals surface area (Å²) < 4.78 is 0. The summed E-state index contributed by atoms with van der Waals surface area (Å²) in [6.45, 7) is 4.06. The van der Waals surface area contributed by atoms with Crippen LogP contribution < -0.4 is 10.6 Å². The van der Waals surface area contributed by atoms with Gasteiger partial charge in [-0.25, -0.2) is 0 Å². The lowest BCUT2D eigenvalue weighted by Crippen LogP contribution is -2.28. The Hall–Kier alpha value is -1.38. The fourth-order valence-corrected chi connectivity index (χ4v) is 2.73. The van der Waals surface area contributed by atoms with Crippen molar-refractivity contribution in [3.05, 3.63) is 59.7 Å². The van der Waals surface area contributed by atoms with Gasteiger partial charge in [-0.1, -0.05) is 54.1 Å². The maximum absolute atomic E-state index is 3.53. The monoisotopic (exact) mass is 254 g/mol. The molecule has 0 radical (unpaired) electrons. The van der Waals surface area contributed by atoms with Gasteiger partial charge in [-0.15, -0.1) is 0 Å². The first-order chi connectivity index (χ1) is 9.43. The van der Waals surface area contributed by atoms with Gasteiger partial charge in [-0.2, -0.15) is 0 Å². The molecule has 2 heteroatoms. The Kier molecular flexibility index (Phi) is 4.11. The Bertz CT molecular complexity index is 461. The molecule has 1 fully saturated rings. The number of benzene rings is 1. The van der Waals surface area contributed by atoms with Crippen LogP contribution in [0.4, 0.5) is 0 Å². The van der Waals surface area contributed by atoms with Crippen molar-refractivity contribution < 1.29 is 0 Å². The van der Waals surface area contributed by atoms with Crippen molar-refractivity contribution in [1.82, 2.24) is 10.6 Å². The predicted octanol–water partition coefficient (Wildman–Crippen LogP) is 2.50. The van der Waals surface area contributed by atoms with E-state index in [9.17, 15) is 0 Å². The summed E-state index contributed by atoms with van der Waals surface area (Å²) in [5.74, 6) is 1.72. The summed E-state index contributed by atoms with van der Waals surface area (Å²) in [5.41, 5.74) is 2.94. The molecule has 3 rings (SSSR count). The van der Waals surface area contributed by atoms with Crippen LogP contribution in [0.2, 0.25) is 0 Å². The molecule has 100 valence electrons. The lowest BCUT2D eigenvalue weighted by molar-refractivity contribution is 0.621. The molecule has 2 unspecified atom stereocenters. The van der Waals surface area contributed by atoms with E-state index in [0.29, 0.717) is 0 Å². The van der Waals surface area contributed by atoms with Crippen molar-refractivity contribution in [1.29, 1.82) is 0 Å². The fraction of sp³-hybridized carbons (Fsp3) is 0.412. The van der Waals surface area contributed by atoms with Crippen LogP contribution in [-0.2, 0) is 6.54 Å². The highest BCUT2D eigenvalue weighted by molar-refractivity contribution is 5.30. The molecule has 2 aliphatic rings. The minimum Gasteiger partial charge on any atom is -0.312 e. The van der Waals surface area contributed by atoms with E-state index in [-0.39, 0.29) is 0 Å². The topological polar surface area (TPSA) is 24.1 Å². The van der Waals surface area contributed by atoms with Crippen LogP contribution in [0.5, 0.6) is 0 Å². The maximum atomic E-state index is 3.53. The van der Waals surface area contributed by atoms with Gasteiger partial charge < -0.3 is 10.6 Å². The molecule has 1 saturated carbocycles. The number of fused-ring (bicyclic) bond motifs is 1. The van der Waals surface area contributed by atoms with E-state index in [0.717, 1.165) is 38.0 Å². The summed E-state index contributed by atoms with van der Waals surface area (Å²) in [6.07, 6.45) is 8.23. The van der Waals surface area contributed by atoms with E-state index < -0.39 is 0 Å². The highest BCUT2D eigenvalue weighted by Gasteiger charge is 2.38. The first kappa shape index (κ1) is 12.6. The van der Waals surface area contributed by atoms with Crippen molar-refractivity contribution in [3.8, 4) is 0 Å². The second-order valence-corrected chi connectivity index (χ2v) is 5.47. The van der Waals surface area contributed by atoms with Gasteiger partial charge in [-0.3, -0.25) is 0 Å². The molecule has 0 aliphatic heterocycles. The molecule has 2 aliphatic carbocycles. The molecule has 0 aromatic heterocycles. The normalized spacial score (nSPS) is 23.9. The van der Waals surface area contributed by atoms with E-state index >= 15 is 0 Å². The molecule has 1 aromatic rings. The predicted molar refractivity (Wildman–Crippen MR) is 79.8 cm³/mol. The van der Waals surface area contributed by atoms with E-state index in [1.165, 1.54) is 12.0 Å². The molecule has 0 heterocycles. The van der Waals surface area contributed by atoms with Crippen molar-refractivity contribution in [2.45, 2.75) is 13.0 Å². The zero-order valence-corrected chi connectivity index (χ0v) is 11.3. The van der Waals surface area contributed by atoms with E-state index in [2.05, 4.69) is 59.2 Å². The Morgan fingerprint density at radius 2 is 1.79 bits per heavy atom. The second kappa shape index (κ2) is 6.18. The third-order valence-electron chi connectivity index (χ3n) is 3.96. The molecule has 2 nitrogen and oxygen atoms in total. The SMILES string of the molecule is C1=CC2CC2C(CNCCNCc2ccccc2)=C1. The van der Waals surface area contributed by atoms with E-state index in [1.54, 1.807) is 5.57 Å². The highest BCUT2D eigenvalue weighted by atomic mass is 14.9. The lowest BCUT2D eigenvalue weighted by Gasteiger charge is -2.11. The standard InChI is InChI=1S/C17H22N2/c1-2-5-14(6-3-1)12-18-9-10-19-13-16-8-4-7-15-11-17(15)16/h1-8,15,17-19H,9-13H2. The van der Waals surface area contributed by atoms with Crippen molar-refractivity contribution in [2.75, 3.05) is 19.6 Å². The maximum Gasteiger partial charge on any atom is 0.0206 e. The molecule has 0 spiro atoms. The zero-order chi connectivity index (χ0) is 12.9. The van der Waals surface area contributed by atoms with Gasteiger partial charge in [-0.05, 0) is 23.8 Å². The van der Waals surface area contributed by atoms with Gasteiger partial charge >= 0.3 is 0 Å². The Morgan fingerprint density at radius 1 is 1.00 bits per heavy atom. The number of hydrogen-bond donors (Lipinski definition) is 2. The Morgan fingerprint density at radius 3 is 2.63 bits per heavy atom. The van der Waals surface area contributed by atoms with Crippen LogP contribution in [0.3, 0.4) is 0 Å². The van der Waals surface area contributed by atoms with Gasteiger partial charge in [0, 0.05) is 26.2 Å². The number of allylic oxidation sites excluding steroid dienone is 3. The molecular formula is C17H22N2. The smallest absolute Gasteiger partial charge is 0.0206 e. The quantitative estimate of drug-likeness (QED) is 0.731. The average Bonchev–Trinajstić information content (AvgIpc) is 3.24. The summed E-state index contributed by atoms with van der Waals surface area (Å²) >= 11 is 0. The summed E-state index contributed by atoms with van der Waals surface area (Å²) in [4.78, 5) is 0. The minimum atomic E-state index is 0.856. The molecule has 2 N–H and O–H groups in total. The Balaban J connectivity index is 1.27. The van der Waals surface area contributed by atoms with E-state index in [1.807, 2.05) is 0 Å². The van der Waals surface area contributed by atoms with Gasteiger partial charge in [0.2, 0.25) is 0 Å². The summed E-state index contributed by atoms with van der Waals surface area (Å²) in [5, 5.41) is 7.00. The zero-order valence-electron chi connectivity index (χ0n) is 11.3. The van der Waals surface area contributed by atoms with Crippen LogP contribution >= 0.6 is 0 Å². The van der Waals surface area contributed by atoms with E-state index in [4.69, 9.17) is 0 Å². The van der Waals surface area contributed by atoms with Crippen LogP contribution in [0.15, 0.2) is 54.1 Å². The number of nitrogens with one attached hydrogen (secondary N) is 2. The average molecular weight is 254 g/mol. The van der Waals surface area contributed by atoms with Crippen molar-refractivity contribution >= 4 is 0 Å². The summed E-state index contributed by atoms with van der Waals surface area (Å²) in [7, 11) is 0. The first-order valence-electron chi connectivity index (χ1n) is 7.26. The summed E-state index contributed by atoms with van der Waals surface area (Å²) in [6, 6.07) is 10.6. The van der Waals surface area contributed by atoms with Gasteiger partial charge in [0.15, 0.2) is 0 Å². The Labute approximate surface area is 115 Å². The van der Waals surface area contributed by atoms with Crippen molar-refractivity contribution in [3.63, 3.8) is 0 Å². The first-order valence-corrected chi connectivity index (χ1v) is 7.26. The highest BCUT2D eigenvalue weighted by Crippen LogP contribution is 2.46. The van der Waals surface area contributed by atoms with Crippen LogP contribution in [0.1, 0.15) is 12.0 Å². The largest absolute Gasteiger partial charge is 0.312 e. The number of hydrogen-bond acceptors (Lipinski definition) is 2. The number of rotatable bonds is 7. The van der Waals surface area contributed by atoms with Crippen molar-refractivity contribution in [2.24, 2.45) is 11.8 Å². The molecule has 19 heavy (non-hydrogen) atoms. The van der Waals surface area contributed by atoms with Crippen LogP contribution in [-0.4, -0.2) is 19.6 Å². The molecule has 2 atom stereocenters. The molecule has 1 aromatic carbocycles. The third-order valence-corrected chi connectivity index (χ3v) is 3.96. The molecular weight excluding hydrogens is 232 g/mol. The molecule has 0 saturated heterocycles. The van der Waals surface area contributed by atoms with Gasteiger partial charge in [0.05, 0.1) is 0 Å². The van der Waals surface area contributed by atoms with Crippen LogP contribution in [0, 0.1) is 11.8 Å². The molecule has 0 bridgehead atoms. The van der Waals surface area contributed by atoms with Gasteiger partial charge in [0.25, 0.3) is 0 Å². The minimum absolute atomic E-state index is 0.856. The second-order valence-electron chi connectivity index (χ2n) is 5.47. The molecule has 0 amide bonds. The van der Waals surface area contributed by atoms with Crippen LogP contribution in [0.25, 0.3) is 0 Å². The van der Waals surface area contributed by atoms with Gasteiger partial charge in [0.1, 0.15) is 0 Å². The fourth-order valence-electron chi connectivity index (χ4n) is 2.73. The third kappa shape index (κ3) is 3.55. The lowest BCUT2D eigenvalue weighted by atomic mass is 10.1.